The van der Waals surface area contributed by atoms with Gasteiger partial charge in [-0.15, -0.1) is 0 Å². The van der Waals surface area contributed by atoms with Crippen LogP contribution in [0.3, 0.4) is 0 Å². The van der Waals surface area contributed by atoms with E-state index in [-0.39, 0.29) is 17.7 Å². The maximum Gasteiger partial charge on any atom is 0.256 e. The Kier molecular flexibility index (Phi) is 4.15. The zero-order chi connectivity index (χ0) is 16.4. The third-order valence-electron chi connectivity index (χ3n) is 4.11. The number of nitrogens with zero attached hydrogens (tertiary/aromatic N) is 1. The Bertz CT molecular complexity index is 725. The third kappa shape index (κ3) is 2.97. The molecule has 1 atom stereocenters. The lowest BCUT2D eigenvalue weighted by Crippen LogP contribution is -2.47. The SMILES string of the molecule is CC(C)C1C(=O)Nc2ccccc2C(=O)N1Cc1ccccc1. The molecule has 23 heavy (non-hydrogen) atoms. The number of nitrogens with one attached hydrogen (secondary N) is 1. The molecule has 4 nitrogen and oxygen atoms in total. The minimum Gasteiger partial charge on any atom is -0.324 e. The first-order valence-electron chi connectivity index (χ1n) is 7.82. The molecule has 2 amide bonds. The van der Waals surface area contributed by atoms with Crippen LogP contribution in [0, 0.1) is 5.92 Å². The number of para-hydroxylation sites is 1. The monoisotopic (exact) mass is 308 g/mol. The summed E-state index contributed by atoms with van der Waals surface area (Å²) in [6.07, 6.45) is 0. The van der Waals surface area contributed by atoms with Crippen LogP contribution in [0.4, 0.5) is 5.69 Å². The zero-order valence-corrected chi connectivity index (χ0v) is 13.3. The Balaban J connectivity index is 2.04. The number of anilines is 1. The number of carbonyl (C=O) groups excluding carboxylic acids is 2. The van der Waals surface area contributed by atoms with Crippen molar-refractivity contribution < 1.29 is 9.59 Å². The molecule has 0 bridgehead atoms. The Morgan fingerprint density at radius 2 is 1.65 bits per heavy atom. The molecule has 0 saturated carbocycles. The van der Waals surface area contributed by atoms with Gasteiger partial charge in [-0.05, 0) is 23.6 Å². The number of hydrogen-bond acceptors (Lipinski definition) is 2. The minimum atomic E-state index is -0.491. The van der Waals surface area contributed by atoms with E-state index in [1.807, 2.05) is 56.3 Å². The van der Waals surface area contributed by atoms with Crippen LogP contribution in [0.25, 0.3) is 0 Å². The lowest BCUT2D eigenvalue weighted by Gasteiger charge is -2.31. The summed E-state index contributed by atoms with van der Waals surface area (Å²) in [5, 5.41) is 2.90. The standard InChI is InChI=1S/C19H20N2O2/c1-13(2)17-18(22)20-16-11-7-6-10-15(16)19(23)21(17)12-14-8-4-3-5-9-14/h3-11,13,17H,12H2,1-2H3,(H,20,22). The maximum absolute atomic E-state index is 13.0. The lowest BCUT2D eigenvalue weighted by atomic mass is 10.0. The normalized spacial score (nSPS) is 17.7. The first kappa shape index (κ1) is 15.3. The zero-order valence-electron chi connectivity index (χ0n) is 13.3. The van der Waals surface area contributed by atoms with Gasteiger partial charge in [0, 0.05) is 6.54 Å². The highest BCUT2D eigenvalue weighted by molar-refractivity contribution is 6.09. The van der Waals surface area contributed by atoms with Gasteiger partial charge in [0.05, 0.1) is 11.3 Å². The number of carbonyl (C=O) groups is 2. The molecule has 1 unspecified atom stereocenters. The second-order valence-corrected chi connectivity index (χ2v) is 6.14. The van der Waals surface area contributed by atoms with Crippen molar-refractivity contribution in [2.24, 2.45) is 5.92 Å². The first-order chi connectivity index (χ1) is 11.1. The van der Waals surface area contributed by atoms with E-state index in [9.17, 15) is 9.59 Å². The largest absolute Gasteiger partial charge is 0.324 e. The summed E-state index contributed by atoms with van der Waals surface area (Å²) in [4.78, 5) is 27.4. The Hall–Kier alpha value is -2.62. The topological polar surface area (TPSA) is 49.4 Å². The fraction of sp³-hybridized carbons (Fsp3) is 0.263. The summed E-state index contributed by atoms with van der Waals surface area (Å²) in [6, 6.07) is 16.5. The summed E-state index contributed by atoms with van der Waals surface area (Å²) < 4.78 is 0. The van der Waals surface area contributed by atoms with Gasteiger partial charge in [0.15, 0.2) is 0 Å². The molecule has 0 radical (unpaired) electrons. The van der Waals surface area contributed by atoms with Gasteiger partial charge in [-0.3, -0.25) is 9.59 Å². The van der Waals surface area contributed by atoms with Gasteiger partial charge in [-0.2, -0.15) is 0 Å². The maximum atomic E-state index is 13.0. The van der Waals surface area contributed by atoms with Gasteiger partial charge >= 0.3 is 0 Å². The Morgan fingerprint density at radius 3 is 2.35 bits per heavy atom. The molecular formula is C19H20N2O2. The van der Waals surface area contributed by atoms with Crippen molar-refractivity contribution in [1.29, 1.82) is 0 Å². The quantitative estimate of drug-likeness (QED) is 0.945. The lowest BCUT2D eigenvalue weighted by molar-refractivity contribution is -0.121. The van der Waals surface area contributed by atoms with Crippen molar-refractivity contribution in [3.8, 4) is 0 Å². The molecular weight excluding hydrogens is 288 g/mol. The number of amides is 2. The summed E-state index contributed by atoms with van der Waals surface area (Å²) in [7, 11) is 0. The molecule has 118 valence electrons. The van der Waals surface area contributed by atoms with Gasteiger partial charge in [0.25, 0.3) is 5.91 Å². The molecule has 1 heterocycles. The van der Waals surface area contributed by atoms with Crippen LogP contribution in [-0.4, -0.2) is 22.8 Å². The predicted octanol–water partition coefficient (Wildman–Crippen LogP) is 3.31. The van der Waals surface area contributed by atoms with Crippen LogP contribution < -0.4 is 5.32 Å². The molecule has 2 aromatic rings. The molecule has 0 saturated heterocycles. The fourth-order valence-electron chi connectivity index (χ4n) is 3.02. The predicted molar refractivity (Wildman–Crippen MR) is 90.0 cm³/mol. The molecule has 1 aliphatic rings. The summed E-state index contributed by atoms with van der Waals surface area (Å²) in [5.41, 5.74) is 2.14. The van der Waals surface area contributed by atoms with Crippen LogP contribution in [0.1, 0.15) is 29.8 Å². The van der Waals surface area contributed by atoms with E-state index >= 15 is 0 Å². The van der Waals surface area contributed by atoms with Crippen LogP contribution in [0.5, 0.6) is 0 Å². The highest BCUT2D eigenvalue weighted by atomic mass is 16.2. The van der Waals surface area contributed by atoms with Crippen LogP contribution in [0.15, 0.2) is 54.6 Å². The highest BCUT2D eigenvalue weighted by Gasteiger charge is 2.36. The summed E-state index contributed by atoms with van der Waals surface area (Å²) in [6.45, 7) is 4.35. The van der Waals surface area contributed by atoms with E-state index in [2.05, 4.69) is 5.32 Å². The van der Waals surface area contributed by atoms with E-state index in [0.717, 1.165) is 5.56 Å². The molecule has 0 aliphatic carbocycles. The van der Waals surface area contributed by atoms with Crippen LogP contribution >= 0.6 is 0 Å². The Labute approximate surface area is 136 Å². The Morgan fingerprint density at radius 1 is 1.00 bits per heavy atom. The smallest absolute Gasteiger partial charge is 0.256 e. The van der Waals surface area contributed by atoms with E-state index in [0.29, 0.717) is 17.8 Å². The number of hydrogen-bond donors (Lipinski definition) is 1. The molecule has 0 fully saturated rings. The van der Waals surface area contributed by atoms with Gasteiger partial charge in [0.2, 0.25) is 5.91 Å². The molecule has 0 aromatic heterocycles. The van der Waals surface area contributed by atoms with E-state index < -0.39 is 6.04 Å². The molecule has 1 N–H and O–H groups in total. The average molecular weight is 308 g/mol. The van der Waals surface area contributed by atoms with Crippen molar-refractivity contribution >= 4 is 17.5 Å². The van der Waals surface area contributed by atoms with E-state index in [1.54, 1.807) is 17.0 Å². The van der Waals surface area contributed by atoms with Gasteiger partial charge in [-0.25, -0.2) is 0 Å². The second kappa shape index (κ2) is 6.24. The summed E-state index contributed by atoms with van der Waals surface area (Å²) in [5.74, 6) is -0.215. The van der Waals surface area contributed by atoms with Crippen molar-refractivity contribution in [1.82, 2.24) is 4.90 Å². The van der Waals surface area contributed by atoms with Crippen molar-refractivity contribution in [3.63, 3.8) is 0 Å². The number of fused-ring (bicyclic) bond motifs is 1. The second-order valence-electron chi connectivity index (χ2n) is 6.14. The molecule has 2 aromatic carbocycles. The number of rotatable bonds is 3. The van der Waals surface area contributed by atoms with Crippen LogP contribution in [0.2, 0.25) is 0 Å². The highest BCUT2D eigenvalue weighted by Crippen LogP contribution is 2.27. The number of benzene rings is 2. The van der Waals surface area contributed by atoms with Gasteiger partial charge < -0.3 is 10.2 Å². The fourth-order valence-corrected chi connectivity index (χ4v) is 3.02. The van der Waals surface area contributed by atoms with Crippen molar-refractivity contribution in [3.05, 3.63) is 65.7 Å². The average Bonchev–Trinajstić information content (AvgIpc) is 2.64. The molecule has 4 heteroatoms. The van der Waals surface area contributed by atoms with Crippen LogP contribution in [-0.2, 0) is 11.3 Å². The van der Waals surface area contributed by atoms with Crippen molar-refractivity contribution in [2.75, 3.05) is 5.32 Å². The van der Waals surface area contributed by atoms with Gasteiger partial charge in [0.1, 0.15) is 6.04 Å². The molecule has 1 aliphatic heterocycles. The third-order valence-corrected chi connectivity index (χ3v) is 4.11. The van der Waals surface area contributed by atoms with Crippen molar-refractivity contribution in [2.45, 2.75) is 26.4 Å². The van der Waals surface area contributed by atoms with Gasteiger partial charge in [-0.1, -0.05) is 56.3 Å². The first-order valence-corrected chi connectivity index (χ1v) is 7.82. The van der Waals surface area contributed by atoms with E-state index in [4.69, 9.17) is 0 Å². The minimum absolute atomic E-state index is 0.0250. The summed E-state index contributed by atoms with van der Waals surface area (Å²) >= 11 is 0. The van der Waals surface area contributed by atoms with E-state index in [1.165, 1.54) is 0 Å². The molecule has 3 rings (SSSR count). The molecule has 0 spiro atoms.